The summed E-state index contributed by atoms with van der Waals surface area (Å²) in [4.78, 5) is 10.8. The lowest BCUT2D eigenvalue weighted by Gasteiger charge is -2.21. The maximum absolute atomic E-state index is 5.27. The molecule has 27 heavy (non-hydrogen) atoms. The number of hydrogen-bond acceptors (Lipinski definition) is 4. The number of allylic oxidation sites excluding steroid dienone is 1. The largest absolute Gasteiger partial charge is 0.356 e. The van der Waals surface area contributed by atoms with Gasteiger partial charge in [0.05, 0.1) is 0 Å². The van der Waals surface area contributed by atoms with Gasteiger partial charge in [-0.15, -0.1) is 30.6 Å². The van der Waals surface area contributed by atoms with Crippen LogP contribution in [0.25, 0.3) is 11.5 Å². The molecule has 6 nitrogen and oxygen atoms in total. The highest BCUT2D eigenvalue weighted by molar-refractivity contribution is 14.0. The molecule has 1 N–H and O–H groups in total. The fraction of sp³-hybridized carbons (Fsp3) is 0.450. The second kappa shape index (κ2) is 12.5. The normalized spacial score (nSPS) is 11.0. The first kappa shape index (κ1) is 23.1. The Labute approximate surface area is 179 Å². The van der Waals surface area contributed by atoms with E-state index in [1.165, 1.54) is 5.56 Å². The molecule has 0 radical (unpaired) electrons. The Hall–Kier alpha value is -1.90. The summed E-state index contributed by atoms with van der Waals surface area (Å²) in [5.41, 5.74) is 2.20. The van der Waals surface area contributed by atoms with Crippen LogP contribution in [0.3, 0.4) is 0 Å². The third kappa shape index (κ3) is 7.32. The fourth-order valence-electron chi connectivity index (χ4n) is 2.61. The first-order valence-corrected chi connectivity index (χ1v) is 9.12. The van der Waals surface area contributed by atoms with E-state index >= 15 is 0 Å². The van der Waals surface area contributed by atoms with Gasteiger partial charge < -0.3 is 14.7 Å². The molecule has 0 bridgehead atoms. The minimum Gasteiger partial charge on any atom is -0.356 e. The average molecular weight is 483 g/mol. The smallest absolute Gasteiger partial charge is 0.257 e. The number of nitrogens with zero attached hydrogens (tertiary/aromatic N) is 4. The predicted octanol–water partition coefficient (Wildman–Crippen LogP) is 3.93. The van der Waals surface area contributed by atoms with E-state index in [4.69, 9.17) is 4.52 Å². The van der Waals surface area contributed by atoms with Crippen LogP contribution in [0.1, 0.15) is 31.2 Å². The van der Waals surface area contributed by atoms with Crippen molar-refractivity contribution in [2.75, 3.05) is 27.2 Å². The average Bonchev–Trinajstić information content (AvgIpc) is 3.15. The molecule has 7 heteroatoms. The zero-order chi connectivity index (χ0) is 18.8. The molecule has 1 aromatic heterocycles. The van der Waals surface area contributed by atoms with Gasteiger partial charge in [-0.1, -0.05) is 30.3 Å². The lowest BCUT2D eigenvalue weighted by Crippen LogP contribution is -2.40. The Morgan fingerprint density at radius 3 is 2.67 bits per heavy atom. The summed E-state index contributed by atoms with van der Waals surface area (Å²) in [6, 6.07) is 8.25. The van der Waals surface area contributed by atoms with Gasteiger partial charge in [-0.2, -0.15) is 4.98 Å². The summed E-state index contributed by atoms with van der Waals surface area (Å²) in [6.45, 7) is 7.56. The molecule has 0 aliphatic heterocycles. The molecule has 0 saturated heterocycles. The Morgan fingerprint density at radius 2 is 2.07 bits per heavy atom. The number of nitrogens with one attached hydrogen (secondary N) is 1. The number of rotatable bonds is 9. The van der Waals surface area contributed by atoms with Crippen LogP contribution in [0.2, 0.25) is 0 Å². The van der Waals surface area contributed by atoms with Crippen molar-refractivity contribution >= 4 is 29.9 Å². The van der Waals surface area contributed by atoms with Crippen LogP contribution in [0, 0.1) is 0 Å². The Bertz CT molecular complexity index is 711. The molecular weight excluding hydrogens is 453 g/mol. The van der Waals surface area contributed by atoms with E-state index in [2.05, 4.69) is 51.1 Å². The molecular formula is C20H30IN5O. The quantitative estimate of drug-likeness (QED) is 0.193. The molecule has 148 valence electrons. The van der Waals surface area contributed by atoms with Crippen LogP contribution in [0.5, 0.6) is 0 Å². The molecule has 0 fully saturated rings. The van der Waals surface area contributed by atoms with Crippen LogP contribution in [-0.2, 0) is 12.8 Å². The molecule has 0 unspecified atom stereocenters. The summed E-state index contributed by atoms with van der Waals surface area (Å²) in [5.74, 6) is 2.23. The van der Waals surface area contributed by atoms with E-state index in [0.29, 0.717) is 5.89 Å². The second-order valence-electron chi connectivity index (χ2n) is 6.14. The van der Waals surface area contributed by atoms with E-state index in [0.717, 1.165) is 56.1 Å². The summed E-state index contributed by atoms with van der Waals surface area (Å²) < 4.78 is 5.27. The topological polar surface area (TPSA) is 66.5 Å². The van der Waals surface area contributed by atoms with Crippen molar-refractivity contribution in [1.82, 2.24) is 20.4 Å². The number of aromatic nitrogens is 2. The van der Waals surface area contributed by atoms with Gasteiger partial charge in [-0.05, 0) is 37.0 Å². The highest BCUT2D eigenvalue weighted by Gasteiger charge is 2.08. The molecule has 0 amide bonds. The van der Waals surface area contributed by atoms with Gasteiger partial charge in [0, 0.05) is 39.2 Å². The minimum atomic E-state index is 0. The molecule has 1 heterocycles. The van der Waals surface area contributed by atoms with Crippen molar-refractivity contribution in [2.45, 2.75) is 32.6 Å². The van der Waals surface area contributed by atoms with E-state index in [-0.39, 0.29) is 24.0 Å². The van der Waals surface area contributed by atoms with Crippen molar-refractivity contribution in [2.24, 2.45) is 4.99 Å². The Morgan fingerprint density at radius 1 is 1.33 bits per heavy atom. The van der Waals surface area contributed by atoms with Gasteiger partial charge in [-0.25, -0.2) is 0 Å². The van der Waals surface area contributed by atoms with Crippen LogP contribution >= 0.6 is 24.0 Å². The van der Waals surface area contributed by atoms with E-state index in [1.54, 1.807) is 0 Å². The first-order valence-electron chi connectivity index (χ1n) is 9.12. The van der Waals surface area contributed by atoms with Gasteiger partial charge in [-0.3, -0.25) is 4.99 Å². The molecule has 0 aliphatic carbocycles. The zero-order valence-electron chi connectivity index (χ0n) is 16.4. The zero-order valence-corrected chi connectivity index (χ0v) is 18.8. The van der Waals surface area contributed by atoms with Gasteiger partial charge in [0.2, 0.25) is 0 Å². The number of aliphatic imine (C=N–C) groups is 1. The first-order chi connectivity index (χ1) is 12.7. The maximum Gasteiger partial charge on any atom is 0.257 e. The lowest BCUT2D eigenvalue weighted by atomic mass is 10.1. The van der Waals surface area contributed by atoms with Crippen LogP contribution in [0.15, 0.2) is 46.4 Å². The summed E-state index contributed by atoms with van der Waals surface area (Å²) in [5, 5.41) is 7.35. The fourth-order valence-corrected chi connectivity index (χ4v) is 2.61. The van der Waals surface area contributed by atoms with E-state index in [1.807, 2.05) is 32.2 Å². The van der Waals surface area contributed by atoms with Crippen LogP contribution < -0.4 is 5.32 Å². The number of unbranched alkanes of at least 4 members (excludes halogenated alkanes) is 1. The van der Waals surface area contributed by atoms with Gasteiger partial charge in [0.1, 0.15) is 0 Å². The SMILES string of the molecule is C=CCCCN(C)C(=NC)NCCc1ccc(-c2nc(CC)no2)cc1.I. The van der Waals surface area contributed by atoms with Crippen molar-refractivity contribution in [1.29, 1.82) is 0 Å². The lowest BCUT2D eigenvalue weighted by molar-refractivity contribution is 0.423. The molecule has 0 saturated carbocycles. The van der Waals surface area contributed by atoms with Crippen molar-refractivity contribution < 1.29 is 4.52 Å². The summed E-state index contributed by atoms with van der Waals surface area (Å²) >= 11 is 0. The highest BCUT2D eigenvalue weighted by Crippen LogP contribution is 2.18. The minimum absolute atomic E-state index is 0. The molecule has 2 aromatic rings. The molecule has 0 aliphatic rings. The van der Waals surface area contributed by atoms with Crippen LogP contribution in [-0.4, -0.2) is 48.2 Å². The van der Waals surface area contributed by atoms with E-state index < -0.39 is 0 Å². The third-order valence-corrected chi connectivity index (χ3v) is 4.16. The molecule has 1 aromatic carbocycles. The highest BCUT2D eigenvalue weighted by atomic mass is 127. The van der Waals surface area contributed by atoms with Crippen molar-refractivity contribution in [3.63, 3.8) is 0 Å². The van der Waals surface area contributed by atoms with Gasteiger partial charge in [0.25, 0.3) is 5.89 Å². The molecule has 0 spiro atoms. The molecule has 2 rings (SSSR count). The number of aryl methyl sites for hydroxylation is 1. The second-order valence-corrected chi connectivity index (χ2v) is 6.14. The Kier molecular flexibility index (Phi) is 10.7. The summed E-state index contributed by atoms with van der Waals surface area (Å²) in [6.07, 6.45) is 5.75. The number of benzene rings is 1. The van der Waals surface area contributed by atoms with Gasteiger partial charge >= 0.3 is 0 Å². The monoisotopic (exact) mass is 483 g/mol. The van der Waals surface area contributed by atoms with Crippen molar-refractivity contribution in [3.05, 3.63) is 48.3 Å². The third-order valence-electron chi connectivity index (χ3n) is 4.16. The number of hydrogen-bond donors (Lipinski definition) is 1. The standard InChI is InChI=1S/C20H29N5O.HI/c1-5-7-8-15-25(4)20(21-3)22-14-13-16-9-11-17(12-10-16)19-23-18(6-2)24-26-19;/h5,9-12H,1,6-8,13-15H2,2-4H3,(H,21,22);1H. The van der Waals surface area contributed by atoms with Gasteiger partial charge in [0.15, 0.2) is 11.8 Å². The number of guanidine groups is 1. The Balaban J connectivity index is 0.00000364. The van der Waals surface area contributed by atoms with Crippen LogP contribution in [0.4, 0.5) is 0 Å². The maximum atomic E-state index is 5.27. The van der Waals surface area contributed by atoms with E-state index in [9.17, 15) is 0 Å². The summed E-state index contributed by atoms with van der Waals surface area (Å²) in [7, 11) is 3.87. The van der Waals surface area contributed by atoms with Crippen molar-refractivity contribution in [3.8, 4) is 11.5 Å². The molecule has 0 atom stereocenters. The predicted molar refractivity (Wildman–Crippen MR) is 122 cm³/mol. The number of halogens is 1.